The van der Waals surface area contributed by atoms with Crippen LogP contribution in [0.5, 0.6) is 11.5 Å². The van der Waals surface area contributed by atoms with Crippen LogP contribution in [0.2, 0.25) is 0 Å². The maximum absolute atomic E-state index is 12.3. The Balaban J connectivity index is 2.17. The number of hydrogen-bond acceptors (Lipinski definition) is 5. The van der Waals surface area contributed by atoms with Gasteiger partial charge in [0.25, 0.3) is 11.6 Å². The molecule has 24 heavy (non-hydrogen) atoms. The van der Waals surface area contributed by atoms with Crippen molar-refractivity contribution in [2.75, 3.05) is 14.2 Å². The largest absolute Gasteiger partial charge is 0.493 e. The van der Waals surface area contributed by atoms with E-state index in [1.807, 2.05) is 13.0 Å². The average molecular weight is 330 g/mol. The van der Waals surface area contributed by atoms with E-state index in [0.717, 1.165) is 5.56 Å². The lowest BCUT2D eigenvalue weighted by atomic mass is 10.1. The lowest BCUT2D eigenvalue weighted by Gasteiger charge is -2.16. The highest BCUT2D eigenvalue weighted by Gasteiger charge is 2.16. The number of ether oxygens (including phenoxy) is 2. The van der Waals surface area contributed by atoms with Gasteiger partial charge >= 0.3 is 0 Å². The molecule has 1 amide bonds. The molecular formula is C17H18N2O5. The molecule has 0 heterocycles. The number of nitro benzene ring substituents is 1. The molecule has 1 atom stereocenters. The molecule has 0 aromatic heterocycles. The number of carbonyl (C=O) groups excluding carboxylic acids is 1. The van der Waals surface area contributed by atoms with Crippen LogP contribution in [-0.2, 0) is 0 Å². The van der Waals surface area contributed by atoms with E-state index in [1.165, 1.54) is 31.4 Å². The van der Waals surface area contributed by atoms with Gasteiger partial charge in [0.15, 0.2) is 11.5 Å². The molecule has 0 aliphatic carbocycles. The van der Waals surface area contributed by atoms with E-state index >= 15 is 0 Å². The maximum atomic E-state index is 12.3. The van der Waals surface area contributed by atoms with Crippen LogP contribution in [0, 0.1) is 10.1 Å². The molecule has 0 unspecified atom stereocenters. The summed E-state index contributed by atoms with van der Waals surface area (Å²) in [4.78, 5) is 22.6. The summed E-state index contributed by atoms with van der Waals surface area (Å²) in [7, 11) is 3.08. The van der Waals surface area contributed by atoms with E-state index in [-0.39, 0.29) is 23.2 Å². The van der Waals surface area contributed by atoms with Crippen LogP contribution < -0.4 is 14.8 Å². The molecule has 126 valence electrons. The highest BCUT2D eigenvalue weighted by molar-refractivity contribution is 5.95. The van der Waals surface area contributed by atoms with Crippen molar-refractivity contribution >= 4 is 11.6 Å². The number of amides is 1. The van der Waals surface area contributed by atoms with E-state index in [9.17, 15) is 14.9 Å². The summed E-state index contributed by atoms with van der Waals surface area (Å²) in [6.07, 6.45) is 0. The van der Waals surface area contributed by atoms with Crippen molar-refractivity contribution in [2.45, 2.75) is 13.0 Å². The predicted molar refractivity (Wildman–Crippen MR) is 88.5 cm³/mol. The number of non-ortho nitro benzene ring substituents is 1. The van der Waals surface area contributed by atoms with Gasteiger partial charge in [-0.15, -0.1) is 0 Å². The zero-order chi connectivity index (χ0) is 17.7. The molecule has 0 aliphatic rings. The summed E-state index contributed by atoms with van der Waals surface area (Å²) in [6, 6.07) is 10.6. The lowest BCUT2D eigenvalue weighted by Crippen LogP contribution is -2.26. The van der Waals surface area contributed by atoms with Crippen molar-refractivity contribution in [1.82, 2.24) is 5.32 Å². The SMILES string of the molecule is COc1ccc([C@H](C)NC(=O)c2cccc([N+](=O)[O-])c2)cc1OC. The van der Waals surface area contributed by atoms with Gasteiger partial charge < -0.3 is 14.8 Å². The number of methoxy groups -OCH3 is 2. The summed E-state index contributed by atoms with van der Waals surface area (Å²) in [5.74, 6) is 0.769. The smallest absolute Gasteiger partial charge is 0.270 e. The standard InChI is InChI=1S/C17H18N2O5/c1-11(12-7-8-15(23-2)16(10-12)24-3)18-17(20)13-5-4-6-14(9-13)19(21)22/h4-11H,1-3H3,(H,18,20)/t11-/m0/s1. The number of hydrogen-bond donors (Lipinski definition) is 1. The molecule has 0 radical (unpaired) electrons. The Hall–Kier alpha value is -3.09. The van der Waals surface area contributed by atoms with Gasteiger partial charge in [0.2, 0.25) is 0 Å². The third kappa shape index (κ3) is 3.81. The van der Waals surface area contributed by atoms with E-state index in [2.05, 4.69) is 5.32 Å². The molecule has 0 saturated carbocycles. The first-order valence-corrected chi connectivity index (χ1v) is 7.23. The number of benzene rings is 2. The summed E-state index contributed by atoms with van der Waals surface area (Å²) in [5.41, 5.74) is 0.935. The Morgan fingerprint density at radius 1 is 1.12 bits per heavy atom. The van der Waals surface area contributed by atoms with Crippen LogP contribution in [0.4, 0.5) is 5.69 Å². The van der Waals surface area contributed by atoms with Crippen LogP contribution in [0.25, 0.3) is 0 Å². The molecule has 7 nitrogen and oxygen atoms in total. The molecule has 2 aromatic carbocycles. The third-order valence-electron chi connectivity index (χ3n) is 3.57. The minimum absolute atomic E-state index is 0.124. The Morgan fingerprint density at radius 2 is 1.83 bits per heavy atom. The lowest BCUT2D eigenvalue weighted by molar-refractivity contribution is -0.384. The number of nitrogens with one attached hydrogen (secondary N) is 1. The van der Waals surface area contributed by atoms with E-state index < -0.39 is 4.92 Å². The molecule has 2 aromatic rings. The van der Waals surface area contributed by atoms with Crippen molar-refractivity contribution in [3.8, 4) is 11.5 Å². The molecule has 7 heteroatoms. The fourth-order valence-electron chi connectivity index (χ4n) is 2.25. The second kappa shape index (κ2) is 7.45. The van der Waals surface area contributed by atoms with E-state index in [1.54, 1.807) is 19.2 Å². The molecule has 0 fully saturated rings. The van der Waals surface area contributed by atoms with Crippen LogP contribution in [0.15, 0.2) is 42.5 Å². The van der Waals surface area contributed by atoms with Crippen LogP contribution in [-0.4, -0.2) is 25.1 Å². The van der Waals surface area contributed by atoms with Crippen LogP contribution in [0.3, 0.4) is 0 Å². The van der Waals surface area contributed by atoms with Gasteiger partial charge in [-0.05, 0) is 30.7 Å². The minimum atomic E-state index is -0.533. The van der Waals surface area contributed by atoms with Gasteiger partial charge in [0.05, 0.1) is 25.2 Å². The van der Waals surface area contributed by atoms with Crippen molar-refractivity contribution < 1.29 is 19.2 Å². The van der Waals surface area contributed by atoms with Gasteiger partial charge in [-0.3, -0.25) is 14.9 Å². The summed E-state index contributed by atoms with van der Waals surface area (Å²) in [5, 5.41) is 13.6. The Bertz CT molecular complexity index is 760. The zero-order valence-corrected chi connectivity index (χ0v) is 13.6. The Morgan fingerprint density at radius 3 is 2.46 bits per heavy atom. The van der Waals surface area contributed by atoms with E-state index in [4.69, 9.17) is 9.47 Å². The molecule has 2 rings (SSSR count). The zero-order valence-electron chi connectivity index (χ0n) is 13.6. The second-order valence-corrected chi connectivity index (χ2v) is 5.12. The van der Waals surface area contributed by atoms with Gasteiger partial charge in [-0.1, -0.05) is 12.1 Å². The van der Waals surface area contributed by atoms with Crippen molar-refractivity contribution in [3.63, 3.8) is 0 Å². The number of nitrogens with zero attached hydrogens (tertiary/aromatic N) is 1. The highest BCUT2D eigenvalue weighted by atomic mass is 16.6. The van der Waals surface area contributed by atoms with Crippen LogP contribution >= 0.6 is 0 Å². The topological polar surface area (TPSA) is 90.7 Å². The Kier molecular flexibility index (Phi) is 5.36. The van der Waals surface area contributed by atoms with Crippen molar-refractivity contribution in [2.24, 2.45) is 0 Å². The van der Waals surface area contributed by atoms with Gasteiger partial charge in [0, 0.05) is 17.7 Å². The monoisotopic (exact) mass is 330 g/mol. The molecule has 0 saturated heterocycles. The molecule has 0 aliphatic heterocycles. The molecule has 0 bridgehead atoms. The van der Waals surface area contributed by atoms with Crippen molar-refractivity contribution in [1.29, 1.82) is 0 Å². The molecule has 0 spiro atoms. The quantitative estimate of drug-likeness (QED) is 0.649. The fraction of sp³-hybridized carbons (Fsp3) is 0.235. The third-order valence-corrected chi connectivity index (χ3v) is 3.57. The first-order chi connectivity index (χ1) is 11.5. The second-order valence-electron chi connectivity index (χ2n) is 5.12. The average Bonchev–Trinajstić information content (AvgIpc) is 2.60. The fourth-order valence-corrected chi connectivity index (χ4v) is 2.25. The number of carbonyl (C=O) groups is 1. The molecular weight excluding hydrogens is 312 g/mol. The summed E-state index contributed by atoms with van der Waals surface area (Å²) < 4.78 is 10.4. The summed E-state index contributed by atoms with van der Waals surface area (Å²) >= 11 is 0. The Labute approximate surface area is 139 Å². The highest BCUT2D eigenvalue weighted by Crippen LogP contribution is 2.30. The summed E-state index contributed by atoms with van der Waals surface area (Å²) in [6.45, 7) is 1.82. The van der Waals surface area contributed by atoms with Crippen molar-refractivity contribution in [3.05, 3.63) is 63.7 Å². The number of rotatable bonds is 6. The van der Waals surface area contributed by atoms with Crippen LogP contribution in [0.1, 0.15) is 28.9 Å². The number of nitro groups is 1. The molecule has 1 N–H and O–H groups in total. The van der Waals surface area contributed by atoms with Gasteiger partial charge in [-0.2, -0.15) is 0 Å². The first kappa shape index (κ1) is 17.3. The first-order valence-electron chi connectivity index (χ1n) is 7.23. The van der Waals surface area contributed by atoms with E-state index in [0.29, 0.717) is 11.5 Å². The maximum Gasteiger partial charge on any atom is 0.270 e. The van der Waals surface area contributed by atoms with Gasteiger partial charge in [-0.25, -0.2) is 0 Å². The minimum Gasteiger partial charge on any atom is -0.493 e. The van der Waals surface area contributed by atoms with Gasteiger partial charge in [0.1, 0.15) is 0 Å². The normalized spacial score (nSPS) is 11.5. The predicted octanol–water partition coefficient (Wildman–Crippen LogP) is 3.10.